The normalized spacial score (nSPS) is 11.9. The van der Waals surface area contributed by atoms with Gasteiger partial charge in [0.05, 0.1) is 13.2 Å². The van der Waals surface area contributed by atoms with E-state index in [1.807, 2.05) is 0 Å². The smallest absolute Gasteiger partial charge is 0.244 e. The maximum atomic E-state index is 12.1. The van der Waals surface area contributed by atoms with Gasteiger partial charge in [-0.2, -0.15) is 0 Å². The summed E-state index contributed by atoms with van der Waals surface area (Å²) >= 11 is 0. The van der Waals surface area contributed by atoms with E-state index >= 15 is 0 Å². The molecule has 1 rings (SSSR count). The quantitative estimate of drug-likeness (QED) is 0.639. The molecule has 1 aromatic rings. The molecule has 7 heteroatoms. The monoisotopic (exact) mass is 304 g/mol. The van der Waals surface area contributed by atoms with Crippen molar-refractivity contribution in [1.82, 2.24) is 10.0 Å². The van der Waals surface area contributed by atoms with Gasteiger partial charge >= 0.3 is 0 Å². The molecule has 1 aromatic heterocycles. The lowest BCUT2D eigenvalue weighted by molar-refractivity contribution is 0.136. The lowest BCUT2D eigenvalue weighted by Crippen LogP contribution is -2.27. The van der Waals surface area contributed by atoms with Crippen molar-refractivity contribution in [3.8, 4) is 0 Å². The Morgan fingerprint density at radius 1 is 1.35 bits per heavy atom. The number of ether oxygens (including phenoxy) is 1. The number of rotatable bonds is 10. The Labute approximate surface area is 120 Å². The predicted octanol–water partition coefficient (Wildman–Crippen LogP) is 1.40. The molecule has 0 saturated heterocycles. The summed E-state index contributed by atoms with van der Waals surface area (Å²) in [5.74, 6) is 0.999. The van der Waals surface area contributed by atoms with Crippen molar-refractivity contribution in [2.24, 2.45) is 0 Å². The Bertz CT molecular complexity index is 496. The number of hydrogen-bond donors (Lipinski definition) is 2. The van der Waals surface area contributed by atoms with Crippen LogP contribution in [0.25, 0.3) is 0 Å². The highest BCUT2D eigenvalue weighted by Crippen LogP contribution is 2.19. The molecular formula is C13H24N2O4S. The third-order valence-electron chi connectivity index (χ3n) is 2.74. The number of aryl methyl sites for hydroxylation is 1. The number of unbranched alkanes of at least 4 members (excludes halogenated alkanes) is 1. The van der Waals surface area contributed by atoms with Crippen molar-refractivity contribution in [3.63, 3.8) is 0 Å². The van der Waals surface area contributed by atoms with Crippen molar-refractivity contribution in [2.45, 2.75) is 38.1 Å². The van der Waals surface area contributed by atoms with Crippen LogP contribution in [-0.2, 0) is 21.3 Å². The van der Waals surface area contributed by atoms with Gasteiger partial charge < -0.3 is 14.5 Å². The fraction of sp³-hybridized carbons (Fsp3) is 0.692. The van der Waals surface area contributed by atoms with E-state index in [0.717, 1.165) is 12.8 Å². The number of sulfonamides is 1. The van der Waals surface area contributed by atoms with Crippen LogP contribution in [0.1, 0.15) is 31.3 Å². The molecule has 0 aliphatic rings. The van der Waals surface area contributed by atoms with Crippen molar-refractivity contribution in [3.05, 3.63) is 17.6 Å². The Morgan fingerprint density at radius 3 is 2.75 bits per heavy atom. The molecule has 0 amide bonds. The molecule has 0 bridgehead atoms. The first kappa shape index (κ1) is 17.2. The minimum Gasteiger partial charge on any atom is -0.464 e. The third-order valence-corrected chi connectivity index (χ3v) is 4.31. The Hall–Kier alpha value is -0.890. The SMILES string of the molecule is CCCCOCCNS(=O)(=O)c1cc(CNC)oc1C. The van der Waals surface area contributed by atoms with Crippen LogP contribution in [0.15, 0.2) is 15.4 Å². The molecule has 2 N–H and O–H groups in total. The van der Waals surface area contributed by atoms with Crippen LogP contribution in [0.4, 0.5) is 0 Å². The number of hydrogen-bond acceptors (Lipinski definition) is 5. The Morgan fingerprint density at radius 2 is 2.10 bits per heavy atom. The van der Waals surface area contributed by atoms with E-state index in [9.17, 15) is 8.42 Å². The van der Waals surface area contributed by atoms with Gasteiger partial charge in [-0.3, -0.25) is 0 Å². The molecule has 0 saturated carbocycles. The van der Waals surface area contributed by atoms with E-state index in [-0.39, 0.29) is 11.4 Å². The van der Waals surface area contributed by atoms with Crippen molar-refractivity contribution >= 4 is 10.0 Å². The maximum Gasteiger partial charge on any atom is 0.244 e. The second-order valence-electron chi connectivity index (χ2n) is 4.53. The summed E-state index contributed by atoms with van der Waals surface area (Å²) in [6.45, 7) is 5.52. The van der Waals surface area contributed by atoms with Crippen LogP contribution in [-0.4, -0.2) is 35.2 Å². The minimum absolute atomic E-state index is 0.191. The highest BCUT2D eigenvalue weighted by Gasteiger charge is 2.20. The van der Waals surface area contributed by atoms with Crippen LogP contribution < -0.4 is 10.0 Å². The van der Waals surface area contributed by atoms with Gasteiger partial charge in [0.25, 0.3) is 0 Å². The van der Waals surface area contributed by atoms with E-state index in [0.29, 0.717) is 31.3 Å². The van der Waals surface area contributed by atoms with E-state index in [4.69, 9.17) is 9.15 Å². The summed E-state index contributed by atoms with van der Waals surface area (Å²) in [6, 6.07) is 1.55. The van der Waals surface area contributed by atoms with Gasteiger partial charge in [0, 0.05) is 19.2 Å². The second-order valence-corrected chi connectivity index (χ2v) is 6.26. The van der Waals surface area contributed by atoms with Gasteiger partial charge in [-0.1, -0.05) is 13.3 Å². The van der Waals surface area contributed by atoms with Crippen molar-refractivity contribution < 1.29 is 17.6 Å². The Balaban J connectivity index is 2.51. The van der Waals surface area contributed by atoms with Gasteiger partial charge in [-0.25, -0.2) is 13.1 Å². The van der Waals surface area contributed by atoms with Crippen molar-refractivity contribution in [1.29, 1.82) is 0 Å². The summed E-state index contributed by atoms with van der Waals surface area (Å²) in [4.78, 5) is 0.191. The predicted molar refractivity (Wildman–Crippen MR) is 77.1 cm³/mol. The lowest BCUT2D eigenvalue weighted by atomic mass is 10.4. The first-order chi connectivity index (χ1) is 9.51. The molecule has 116 valence electrons. The number of furan rings is 1. The fourth-order valence-electron chi connectivity index (χ4n) is 1.73. The molecule has 0 atom stereocenters. The van der Waals surface area contributed by atoms with Crippen LogP contribution in [0.5, 0.6) is 0 Å². The third kappa shape index (κ3) is 5.24. The Kier molecular flexibility index (Phi) is 7.22. The zero-order chi connectivity index (χ0) is 15.0. The molecule has 0 fully saturated rings. The summed E-state index contributed by atoms with van der Waals surface area (Å²) < 4.78 is 37.4. The minimum atomic E-state index is -3.53. The van der Waals surface area contributed by atoms with E-state index in [1.165, 1.54) is 0 Å². The van der Waals surface area contributed by atoms with E-state index < -0.39 is 10.0 Å². The standard InChI is InChI=1S/C13H24N2O4S/c1-4-5-7-18-8-6-15-20(16,17)13-9-12(10-14-3)19-11(13)2/h9,14-15H,4-8,10H2,1-3H3. The summed E-state index contributed by atoms with van der Waals surface area (Å²) in [7, 11) is -1.76. The summed E-state index contributed by atoms with van der Waals surface area (Å²) in [5, 5.41) is 2.92. The maximum absolute atomic E-state index is 12.1. The fourth-order valence-corrected chi connectivity index (χ4v) is 2.94. The summed E-state index contributed by atoms with van der Waals surface area (Å²) in [5.41, 5.74) is 0. The molecule has 6 nitrogen and oxygen atoms in total. The van der Waals surface area contributed by atoms with E-state index in [1.54, 1.807) is 20.0 Å². The zero-order valence-electron chi connectivity index (χ0n) is 12.4. The van der Waals surface area contributed by atoms with E-state index in [2.05, 4.69) is 17.0 Å². The topological polar surface area (TPSA) is 80.6 Å². The zero-order valence-corrected chi connectivity index (χ0v) is 13.2. The molecule has 0 aliphatic carbocycles. The van der Waals surface area contributed by atoms with Crippen LogP contribution in [0.2, 0.25) is 0 Å². The first-order valence-corrected chi connectivity index (χ1v) is 8.31. The molecule has 20 heavy (non-hydrogen) atoms. The second kappa shape index (κ2) is 8.41. The average Bonchev–Trinajstić information content (AvgIpc) is 2.76. The van der Waals surface area contributed by atoms with Gasteiger partial charge in [0.15, 0.2) is 0 Å². The van der Waals surface area contributed by atoms with Crippen molar-refractivity contribution in [2.75, 3.05) is 26.8 Å². The highest BCUT2D eigenvalue weighted by molar-refractivity contribution is 7.89. The largest absolute Gasteiger partial charge is 0.464 e. The molecule has 0 aliphatic heterocycles. The molecule has 0 aromatic carbocycles. The molecule has 0 unspecified atom stereocenters. The van der Waals surface area contributed by atoms with Gasteiger partial charge in [-0.15, -0.1) is 0 Å². The van der Waals surface area contributed by atoms with Gasteiger partial charge in [-0.05, 0) is 20.4 Å². The molecular weight excluding hydrogens is 280 g/mol. The molecule has 0 radical (unpaired) electrons. The van der Waals surface area contributed by atoms with Gasteiger partial charge in [0.2, 0.25) is 10.0 Å². The highest BCUT2D eigenvalue weighted by atomic mass is 32.2. The average molecular weight is 304 g/mol. The lowest BCUT2D eigenvalue weighted by Gasteiger charge is -2.06. The number of nitrogens with one attached hydrogen (secondary N) is 2. The van der Waals surface area contributed by atoms with Crippen LogP contribution >= 0.6 is 0 Å². The van der Waals surface area contributed by atoms with Gasteiger partial charge in [0.1, 0.15) is 16.4 Å². The molecule has 0 spiro atoms. The molecule has 1 heterocycles. The van der Waals surface area contributed by atoms with Crippen LogP contribution in [0.3, 0.4) is 0 Å². The first-order valence-electron chi connectivity index (χ1n) is 6.82. The van der Waals surface area contributed by atoms with Crippen LogP contribution in [0, 0.1) is 6.92 Å². The summed E-state index contributed by atoms with van der Waals surface area (Å²) in [6.07, 6.45) is 2.05.